The van der Waals surface area contributed by atoms with Gasteiger partial charge in [-0.05, 0) is 42.0 Å². The zero-order chi connectivity index (χ0) is 20.2. The van der Waals surface area contributed by atoms with E-state index < -0.39 is 11.8 Å². The summed E-state index contributed by atoms with van der Waals surface area (Å²) in [7, 11) is 0. The fraction of sp³-hybridized carbons (Fsp3) is 0.150. The van der Waals surface area contributed by atoms with Gasteiger partial charge in [0.05, 0.1) is 17.7 Å². The first-order valence-corrected chi connectivity index (χ1v) is 9.53. The van der Waals surface area contributed by atoms with Crippen LogP contribution in [0.5, 0.6) is 11.5 Å². The van der Waals surface area contributed by atoms with Gasteiger partial charge in [-0.15, -0.1) is 11.3 Å². The normalized spacial score (nSPS) is 11.9. The molecule has 8 nitrogen and oxygen atoms in total. The molecule has 4 rings (SSSR count). The van der Waals surface area contributed by atoms with Gasteiger partial charge in [0.1, 0.15) is 0 Å². The number of hydrogen-bond donors (Lipinski definition) is 2. The standard InChI is InChI=1S/C20H16N2O6S/c23-18(15-2-1-7-26-15)17-6-4-13(29-17)10-22-20(25)19(24)21-9-12-3-5-14-16(8-12)28-11-27-14/h1-8H,9-11H2,(H,21,24)(H,22,25). The number of ketones is 1. The smallest absolute Gasteiger partial charge is 0.309 e. The molecule has 0 saturated heterocycles. The molecule has 0 bridgehead atoms. The van der Waals surface area contributed by atoms with Gasteiger partial charge in [-0.2, -0.15) is 0 Å². The van der Waals surface area contributed by atoms with Crippen molar-refractivity contribution in [3.63, 3.8) is 0 Å². The number of carbonyl (C=O) groups excluding carboxylic acids is 3. The van der Waals surface area contributed by atoms with Gasteiger partial charge in [0.15, 0.2) is 17.3 Å². The molecule has 1 aromatic carbocycles. The zero-order valence-electron chi connectivity index (χ0n) is 15.1. The van der Waals surface area contributed by atoms with Crippen molar-refractivity contribution in [3.05, 3.63) is 69.8 Å². The predicted octanol–water partition coefficient (Wildman–Crippen LogP) is 2.23. The molecule has 0 saturated carbocycles. The number of thiophene rings is 1. The molecule has 2 N–H and O–H groups in total. The van der Waals surface area contributed by atoms with Gasteiger partial charge in [0.2, 0.25) is 12.6 Å². The van der Waals surface area contributed by atoms with Crippen molar-refractivity contribution in [1.82, 2.24) is 10.6 Å². The maximum Gasteiger partial charge on any atom is 0.309 e. The minimum Gasteiger partial charge on any atom is -0.461 e. The topological polar surface area (TPSA) is 107 Å². The number of furan rings is 1. The van der Waals surface area contributed by atoms with Crippen molar-refractivity contribution >= 4 is 28.9 Å². The van der Waals surface area contributed by atoms with Gasteiger partial charge >= 0.3 is 11.8 Å². The lowest BCUT2D eigenvalue weighted by Crippen LogP contribution is -2.39. The molecule has 0 radical (unpaired) electrons. The van der Waals surface area contributed by atoms with Gasteiger partial charge in [0.25, 0.3) is 0 Å². The Morgan fingerprint density at radius 1 is 0.931 bits per heavy atom. The van der Waals surface area contributed by atoms with E-state index in [0.717, 1.165) is 10.4 Å². The van der Waals surface area contributed by atoms with Crippen molar-refractivity contribution in [2.45, 2.75) is 13.1 Å². The molecular weight excluding hydrogens is 396 g/mol. The van der Waals surface area contributed by atoms with E-state index in [2.05, 4.69) is 10.6 Å². The van der Waals surface area contributed by atoms with Crippen LogP contribution >= 0.6 is 11.3 Å². The van der Waals surface area contributed by atoms with E-state index in [0.29, 0.717) is 16.4 Å². The molecule has 0 spiro atoms. The Kier molecular flexibility index (Phi) is 5.30. The van der Waals surface area contributed by atoms with E-state index in [-0.39, 0.29) is 31.4 Å². The maximum absolute atomic E-state index is 12.2. The molecule has 0 aliphatic carbocycles. The minimum absolute atomic E-state index is 0.145. The highest BCUT2D eigenvalue weighted by molar-refractivity contribution is 7.14. The molecule has 148 valence electrons. The lowest BCUT2D eigenvalue weighted by atomic mass is 10.2. The van der Waals surface area contributed by atoms with E-state index >= 15 is 0 Å². The number of hydrogen-bond acceptors (Lipinski definition) is 7. The van der Waals surface area contributed by atoms with Crippen LogP contribution < -0.4 is 20.1 Å². The molecule has 0 unspecified atom stereocenters. The van der Waals surface area contributed by atoms with E-state index in [1.54, 1.807) is 42.5 Å². The molecule has 0 atom stereocenters. The van der Waals surface area contributed by atoms with Gasteiger partial charge in [-0.25, -0.2) is 0 Å². The number of ether oxygens (including phenoxy) is 2. The van der Waals surface area contributed by atoms with Crippen LogP contribution in [0.25, 0.3) is 0 Å². The Morgan fingerprint density at radius 3 is 2.52 bits per heavy atom. The van der Waals surface area contributed by atoms with Crippen LogP contribution in [0.15, 0.2) is 53.1 Å². The number of nitrogens with one attached hydrogen (secondary N) is 2. The largest absolute Gasteiger partial charge is 0.461 e. The third-order valence-electron chi connectivity index (χ3n) is 4.15. The highest BCUT2D eigenvalue weighted by Gasteiger charge is 2.17. The average molecular weight is 412 g/mol. The summed E-state index contributed by atoms with van der Waals surface area (Å²) >= 11 is 1.23. The average Bonchev–Trinajstić information content (AvgIpc) is 3.50. The summed E-state index contributed by atoms with van der Waals surface area (Å²) in [6.07, 6.45) is 1.43. The quantitative estimate of drug-likeness (QED) is 0.475. The molecule has 3 heterocycles. The first-order valence-electron chi connectivity index (χ1n) is 8.71. The monoisotopic (exact) mass is 412 g/mol. The number of amides is 2. The van der Waals surface area contributed by atoms with E-state index in [4.69, 9.17) is 13.9 Å². The Balaban J connectivity index is 1.26. The number of fused-ring (bicyclic) bond motifs is 1. The predicted molar refractivity (Wildman–Crippen MR) is 103 cm³/mol. The first kappa shape index (κ1) is 18.8. The van der Waals surface area contributed by atoms with Crippen molar-refractivity contribution in [1.29, 1.82) is 0 Å². The Labute approximate surface area is 169 Å². The molecule has 1 aliphatic heterocycles. The van der Waals surface area contributed by atoms with Crippen LogP contribution in [0.4, 0.5) is 0 Å². The highest BCUT2D eigenvalue weighted by atomic mass is 32.1. The fourth-order valence-corrected chi connectivity index (χ4v) is 3.58. The van der Waals surface area contributed by atoms with E-state index in [1.807, 2.05) is 0 Å². The summed E-state index contributed by atoms with van der Waals surface area (Å²) in [5, 5.41) is 5.10. The van der Waals surface area contributed by atoms with Crippen LogP contribution in [0.1, 0.15) is 25.9 Å². The summed E-state index contributed by atoms with van der Waals surface area (Å²) in [5.74, 6) is -0.203. The van der Waals surface area contributed by atoms with Crippen molar-refractivity contribution in [2.75, 3.05) is 6.79 Å². The highest BCUT2D eigenvalue weighted by Crippen LogP contribution is 2.32. The molecule has 3 aromatic rings. The third-order valence-corrected chi connectivity index (χ3v) is 5.23. The first-order chi connectivity index (χ1) is 14.1. The van der Waals surface area contributed by atoms with Crippen molar-refractivity contribution in [2.24, 2.45) is 0 Å². The fourth-order valence-electron chi connectivity index (χ4n) is 2.69. The van der Waals surface area contributed by atoms with Crippen LogP contribution in [0.2, 0.25) is 0 Å². The minimum atomic E-state index is -0.752. The van der Waals surface area contributed by atoms with Gasteiger partial charge < -0.3 is 24.5 Å². The van der Waals surface area contributed by atoms with Gasteiger partial charge in [-0.3, -0.25) is 14.4 Å². The lowest BCUT2D eigenvalue weighted by molar-refractivity contribution is -0.139. The second-order valence-corrected chi connectivity index (χ2v) is 7.29. The second kappa shape index (κ2) is 8.19. The summed E-state index contributed by atoms with van der Waals surface area (Å²) in [5.41, 5.74) is 0.787. The summed E-state index contributed by atoms with van der Waals surface area (Å²) < 4.78 is 15.6. The molecule has 1 aliphatic rings. The number of rotatable bonds is 6. The summed E-state index contributed by atoms with van der Waals surface area (Å²) in [4.78, 5) is 37.5. The van der Waals surface area contributed by atoms with Crippen LogP contribution in [-0.2, 0) is 22.7 Å². The second-order valence-electron chi connectivity index (χ2n) is 6.13. The van der Waals surface area contributed by atoms with Crippen LogP contribution in [-0.4, -0.2) is 24.4 Å². The Bertz CT molecular complexity index is 1060. The van der Waals surface area contributed by atoms with E-state index in [9.17, 15) is 14.4 Å². The lowest BCUT2D eigenvalue weighted by Gasteiger charge is -2.06. The van der Waals surface area contributed by atoms with Crippen LogP contribution in [0, 0.1) is 0 Å². The van der Waals surface area contributed by atoms with Crippen LogP contribution in [0.3, 0.4) is 0 Å². The van der Waals surface area contributed by atoms with E-state index in [1.165, 1.54) is 17.6 Å². The molecular formula is C20H16N2O6S. The van der Waals surface area contributed by atoms with Crippen molar-refractivity contribution < 1.29 is 28.3 Å². The Hall–Kier alpha value is -3.59. The molecule has 0 fully saturated rings. The molecule has 9 heteroatoms. The van der Waals surface area contributed by atoms with Gasteiger partial charge in [-0.1, -0.05) is 6.07 Å². The van der Waals surface area contributed by atoms with Gasteiger partial charge in [0, 0.05) is 11.4 Å². The third kappa shape index (κ3) is 4.30. The number of carbonyl (C=O) groups is 3. The zero-order valence-corrected chi connectivity index (χ0v) is 15.9. The molecule has 2 aromatic heterocycles. The van der Waals surface area contributed by atoms with Crippen molar-refractivity contribution in [3.8, 4) is 11.5 Å². The SMILES string of the molecule is O=C(NCc1ccc2c(c1)OCO2)C(=O)NCc1ccc(C(=O)c2ccco2)s1. The molecule has 29 heavy (non-hydrogen) atoms. The molecule has 2 amide bonds. The number of benzene rings is 1. The maximum atomic E-state index is 12.2. The summed E-state index contributed by atoms with van der Waals surface area (Å²) in [6.45, 7) is 0.501. The Morgan fingerprint density at radius 2 is 1.72 bits per heavy atom. The summed E-state index contributed by atoms with van der Waals surface area (Å²) in [6, 6.07) is 11.9.